The monoisotopic (exact) mass is 386 g/mol. The zero-order valence-corrected chi connectivity index (χ0v) is 17.0. The van der Waals surface area contributed by atoms with Crippen molar-refractivity contribution >= 4 is 11.8 Å². The van der Waals surface area contributed by atoms with Crippen molar-refractivity contribution in [3.05, 3.63) is 53.1 Å². The summed E-state index contributed by atoms with van der Waals surface area (Å²) in [7, 11) is 0. The van der Waals surface area contributed by atoms with E-state index in [-0.39, 0.29) is 16.9 Å². The van der Waals surface area contributed by atoms with Gasteiger partial charge in [0.25, 0.3) is 0 Å². The van der Waals surface area contributed by atoms with E-state index in [4.69, 9.17) is 9.47 Å². The van der Waals surface area contributed by atoms with Crippen molar-refractivity contribution in [2.75, 3.05) is 0 Å². The Kier molecular flexibility index (Phi) is 5.73. The number of hydrogen-bond donors (Lipinski definition) is 2. The van der Waals surface area contributed by atoms with Gasteiger partial charge in [0.05, 0.1) is 5.56 Å². The fourth-order valence-electron chi connectivity index (χ4n) is 2.62. The summed E-state index contributed by atoms with van der Waals surface area (Å²) in [5.74, 6) is -1.61. The second kappa shape index (κ2) is 7.54. The summed E-state index contributed by atoms with van der Waals surface area (Å²) >= 11 is 0. The van der Waals surface area contributed by atoms with Crippen LogP contribution in [-0.2, 0) is 0 Å². The van der Waals surface area contributed by atoms with Crippen molar-refractivity contribution in [2.45, 2.75) is 52.7 Å². The van der Waals surface area contributed by atoms with Gasteiger partial charge in [-0.25, -0.2) is 4.79 Å². The Morgan fingerprint density at radius 3 is 2.00 bits per heavy atom. The second-order valence-corrected chi connectivity index (χ2v) is 8.42. The first-order chi connectivity index (χ1) is 12.8. The molecule has 150 valence electrons. The van der Waals surface area contributed by atoms with E-state index in [1.165, 1.54) is 18.2 Å². The number of carbonyl (C=O) groups is 2. The zero-order valence-electron chi connectivity index (χ0n) is 17.0. The number of carboxylic acids is 1. The van der Waals surface area contributed by atoms with Crippen molar-refractivity contribution in [1.82, 2.24) is 0 Å². The molecule has 2 aromatic carbocycles. The van der Waals surface area contributed by atoms with Gasteiger partial charge in [0.2, 0.25) is 0 Å². The highest BCUT2D eigenvalue weighted by Gasteiger charge is 2.26. The van der Waals surface area contributed by atoms with Gasteiger partial charge in [-0.1, -0.05) is 6.07 Å². The van der Waals surface area contributed by atoms with Crippen LogP contribution in [0.1, 0.15) is 67.8 Å². The van der Waals surface area contributed by atoms with Crippen LogP contribution in [0.2, 0.25) is 0 Å². The first kappa shape index (κ1) is 21.3. The first-order valence-corrected chi connectivity index (χ1v) is 8.90. The molecule has 0 bridgehead atoms. The quantitative estimate of drug-likeness (QED) is 0.725. The maximum atomic E-state index is 13.1. The third-order valence-electron chi connectivity index (χ3n) is 3.54. The van der Waals surface area contributed by atoms with Gasteiger partial charge in [-0.05, 0) is 65.8 Å². The van der Waals surface area contributed by atoms with E-state index in [1.54, 1.807) is 18.2 Å². The van der Waals surface area contributed by atoms with Crippen LogP contribution in [0, 0.1) is 0 Å². The topological polar surface area (TPSA) is 93.1 Å². The van der Waals surface area contributed by atoms with Crippen molar-refractivity contribution in [1.29, 1.82) is 0 Å². The average Bonchev–Trinajstić information content (AvgIpc) is 2.50. The average molecular weight is 386 g/mol. The minimum Gasteiger partial charge on any atom is -0.507 e. The highest BCUT2D eigenvalue weighted by atomic mass is 16.5. The summed E-state index contributed by atoms with van der Waals surface area (Å²) in [5.41, 5.74) is -1.40. The molecule has 0 unspecified atom stereocenters. The number of rotatable bonds is 5. The van der Waals surface area contributed by atoms with Gasteiger partial charge in [-0.3, -0.25) is 4.79 Å². The van der Waals surface area contributed by atoms with E-state index in [2.05, 4.69) is 0 Å². The molecule has 0 fully saturated rings. The highest BCUT2D eigenvalue weighted by Crippen LogP contribution is 2.33. The van der Waals surface area contributed by atoms with Crippen molar-refractivity contribution in [3.63, 3.8) is 0 Å². The number of carbonyl (C=O) groups excluding carboxylic acids is 1. The third-order valence-corrected chi connectivity index (χ3v) is 3.54. The van der Waals surface area contributed by atoms with Crippen LogP contribution in [0.15, 0.2) is 36.4 Å². The minimum atomic E-state index is -1.38. The highest BCUT2D eigenvalue weighted by molar-refractivity contribution is 6.16. The molecule has 0 aliphatic rings. The minimum absolute atomic E-state index is 0.115. The summed E-state index contributed by atoms with van der Waals surface area (Å²) < 4.78 is 11.8. The second-order valence-electron chi connectivity index (χ2n) is 8.42. The summed E-state index contributed by atoms with van der Waals surface area (Å²) in [6.45, 7) is 11.2. The van der Waals surface area contributed by atoms with E-state index in [0.717, 1.165) is 0 Å². The van der Waals surface area contributed by atoms with Gasteiger partial charge in [0.15, 0.2) is 5.78 Å². The number of phenols is 1. The number of ether oxygens (including phenoxy) is 2. The van der Waals surface area contributed by atoms with Gasteiger partial charge in [0.1, 0.15) is 34.0 Å². The van der Waals surface area contributed by atoms with Gasteiger partial charge in [-0.2, -0.15) is 0 Å². The van der Waals surface area contributed by atoms with E-state index in [9.17, 15) is 19.8 Å². The maximum Gasteiger partial charge on any atom is 0.340 e. The van der Waals surface area contributed by atoms with E-state index in [0.29, 0.717) is 5.75 Å². The predicted molar refractivity (Wildman–Crippen MR) is 106 cm³/mol. The number of aromatic hydroxyl groups is 1. The molecule has 0 atom stereocenters. The summed E-state index contributed by atoms with van der Waals surface area (Å²) in [4.78, 5) is 24.7. The largest absolute Gasteiger partial charge is 0.507 e. The molecule has 0 aliphatic carbocycles. The standard InChI is InChI=1S/C22H26O6/c1-21(2,3)27-13-10-11-14(17(12-13)28-22(4,5)6)19(24)15-8-7-9-16(23)18(15)20(25)26/h7-12,23H,1-6H3,(H,25,26). The summed E-state index contributed by atoms with van der Waals surface area (Å²) in [5, 5.41) is 19.3. The molecule has 0 aromatic heterocycles. The van der Waals surface area contributed by atoms with Crippen LogP contribution in [0.25, 0.3) is 0 Å². The zero-order chi connectivity index (χ0) is 21.3. The molecule has 0 heterocycles. The van der Waals surface area contributed by atoms with Crippen LogP contribution in [0.4, 0.5) is 0 Å². The molecule has 0 aliphatic heterocycles. The van der Waals surface area contributed by atoms with E-state index in [1.807, 2.05) is 41.5 Å². The molecule has 0 saturated heterocycles. The van der Waals surface area contributed by atoms with Crippen molar-refractivity contribution in [3.8, 4) is 17.2 Å². The van der Waals surface area contributed by atoms with Gasteiger partial charge in [-0.15, -0.1) is 0 Å². The Balaban J connectivity index is 2.60. The molecule has 0 radical (unpaired) electrons. The van der Waals surface area contributed by atoms with E-state index >= 15 is 0 Å². The lowest BCUT2D eigenvalue weighted by molar-refractivity contribution is 0.0688. The molecular weight excluding hydrogens is 360 g/mol. The smallest absolute Gasteiger partial charge is 0.340 e. The predicted octanol–water partition coefficient (Wildman–Crippen LogP) is 4.68. The molecule has 0 spiro atoms. The fraction of sp³-hybridized carbons (Fsp3) is 0.364. The van der Waals surface area contributed by atoms with Crippen LogP contribution in [0.5, 0.6) is 17.2 Å². The first-order valence-electron chi connectivity index (χ1n) is 8.90. The lowest BCUT2D eigenvalue weighted by Crippen LogP contribution is -2.25. The van der Waals surface area contributed by atoms with Gasteiger partial charge < -0.3 is 19.7 Å². The number of aromatic carboxylic acids is 1. The normalized spacial score (nSPS) is 11.8. The lowest BCUT2D eigenvalue weighted by atomic mass is 9.96. The van der Waals surface area contributed by atoms with Crippen molar-refractivity contribution < 1.29 is 29.3 Å². The molecule has 28 heavy (non-hydrogen) atoms. The van der Waals surface area contributed by atoms with Crippen molar-refractivity contribution in [2.24, 2.45) is 0 Å². The number of ketones is 1. The molecule has 2 N–H and O–H groups in total. The Bertz CT molecular complexity index is 900. The van der Waals surface area contributed by atoms with Crippen LogP contribution in [-0.4, -0.2) is 33.2 Å². The molecular formula is C22H26O6. The summed E-state index contributed by atoms with van der Waals surface area (Å²) in [6, 6.07) is 8.82. The number of carboxylic acid groups (broad SMARTS) is 1. The third kappa shape index (κ3) is 5.25. The van der Waals surface area contributed by atoms with Crippen LogP contribution < -0.4 is 9.47 Å². The molecule has 2 rings (SSSR count). The molecule has 6 heteroatoms. The van der Waals surface area contributed by atoms with Gasteiger partial charge >= 0.3 is 5.97 Å². The van der Waals surface area contributed by atoms with Crippen LogP contribution >= 0.6 is 0 Å². The SMILES string of the molecule is CC(C)(C)Oc1ccc(C(=O)c2cccc(O)c2C(=O)O)c(OC(C)(C)C)c1. The maximum absolute atomic E-state index is 13.1. The Morgan fingerprint density at radius 2 is 1.46 bits per heavy atom. The Labute approximate surface area is 164 Å². The molecule has 0 amide bonds. The Morgan fingerprint density at radius 1 is 0.857 bits per heavy atom. The lowest BCUT2D eigenvalue weighted by Gasteiger charge is -2.25. The number of hydrogen-bond acceptors (Lipinski definition) is 5. The fourth-order valence-corrected chi connectivity index (χ4v) is 2.62. The molecule has 2 aromatic rings. The van der Waals surface area contributed by atoms with E-state index < -0.39 is 34.3 Å². The Hall–Kier alpha value is -3.02. The van der Waals surface area contributed by atoms with Gasteiger partial charge in [0, 0.05) is 11.6 Å². The summed E-state index contributed by atoms with van der Waals surface area (Å²) in [6.07, 6.45) is 0. The molecule has 0 saturated carbocycles. The van der Waals surface area contributed by atoms with Crippen LogP contribution in [0.3, 0.4) is 0 Å². The number of benzene rings is 2. The molecule has 6 nitrogen and oxygen atoms in total.